The van der Waals surface area contributed by atoms with Crippen LogP contribution >= 0.6 is 0 Å². The molecule has 2 aliphatic rings. The molecule has 83 heavy (non-hydrogen) atoms. The number of morpholine rings is 1. The SMILES string of the molecule is CC(C)C[C@@H]1C(=O)N[C@H](CC(C)C)C(=O)N(C)C(C(C)C)C(=O)N(C)C(C[C@H](C)CCN2CCOCC2)C(=O)NC([C@@H](C)O)C(=O)N(C)CC(=O)N(C)[C@@H](CC(C)C)C(=O)N[C@H](CC(C)C)N(C)[C@H](CC(C)C)N[C@H](C)C(=O)OC(=O)N1C. The highest BCUT2D eigenvalue weighted by Crippen LogP contribution is 2.24. The number of aliphatic hydroxyl groups excluding tert-OH is 1. The maximum absolute atomic E-state index is 15.1. The van der Waals surface area contributed by atoms with Gasteiger partial charge in [0.15, 0.2) is 0 Å². The van der Waals surface area contributed by atoms with Crippen LogP contribution in [0.5, 0.6) is 0 Å². The molecule has 0 spiro atoms. The van der Waals surface area contributed by atoms with Crippen molar-refractivity contribution in [2.45, 2.75) is 210 Å². The minimum Gasteiger partial charge on any atom is -0.391 e. The average Bonchev–Trinajstić information content (AvgIpc) is 3.56. The Morgan fingerprint density at radius 3 is 1.53 bits per heavy atom. The number of nitrogens with zero attached hydrogens (tertiary/aromatic N) is 7. The Balaban J connectivity index is 2.92. The molecule has 23 heteroatoms. The van der Waals surface area contributed by atoms with Gasteiger partial charge in [-0.1, -0.05) is 90.0 Å². The standard InChI is InChI=1S/C60H111N11O12/c1-35(2)28-44-56(77)70(21)52(40(11)12)58(79)67(18)47(33-41(13)22-23-71-24-26-82-27-25-71)55(76)64-51(43(15)72)57(78)65(16)34-50(73)66(17)45(29-36(3)4)54(75)63-49(32-39(9)10)69(20)48(31-38(7)8)61-42(14)59(80)83-60(81)68(19)46(30-37(5)6)53(74)62-44/h35-49,51-52,61,72H,22-34H2,1-21H3,(H,62,74)(H,63,75)(H,64,76)/t41-,42-,43-,44-,45+,46-,47?,48-,49+,51?,52?/m1/s1. The fourth-order valence-corrected chi connectivity index (χ4v) is 10.8. The Morgan fingerprint density at radius 1 is 0.542 bits per heavy atom. The summed E-state index contributed by atoms with van der Waals surface area (Å²) >= 11 is 0. The largest absolute Gasteiger partial charge is 0.417 e. The second-order valence-electron chi connectivity index (χ2n) is 26.2. The van der Waals surface area contributed by atoms with Crippen LogP contribution in [0.3, 0.4) is 0 Å². The predicted octanol–water partition coefficient (Wildman–Crippen LogP) is 3.57. The fraction of sp³-hybridized carbons (Fsp3) is 0.850. The molecule has 0 aromatic carbocycles. The first-order valence-electron chi connectivity index (χ1n) is 30.4. The Hall–Kier alpha value is -4.97. The molecular formula is C60H111N11O12. The zero-order valence-corrected chi connectivity index (χ0v) is 54.6. The smallest absolute Gasteiger partial charge is 0.391 e. The zero-order chi connectivity index (χ0) is 63.5. The molecular weight excluding hydrogens is 1070 g/mol. The molecule has 23 nitrogen and oxygen atoms in total. The van der Waals surface area contributed by atoms with E-state index in [0.717, 1.165) is 22.9 Å². The molecule has 2 aliphatic heterocycles. The summed E-state index contributed by atoms with van der Waals surface area (Å²) in [6, 6.07) is -8.41. The van der Waals surface area contributed by atoms with E-state index >= 15 is 4.79 Å². The molecule has 2 rings (SSSR count). The normalized spacial score (nSPS) is 27.3. The van der Waals surface area contributed by atoms with Crippen LogP contribution in [-0.2, 0) is 47.8 Å². The summed E-state index contributed by atoms with van der Waals surface area (Å²) in [5.41, 5.74) is 0. The Bertz CT molecular complexity index is 2120. The van der Waals surface area contributed by atoms with Crippen molar-refractivity contribution in [3.63, 3.8) is 0 Å². The minimum absolute atomic E-state index is 0.0585. The third-order valence-corrected chi connectivity index (χ3v) is 15.8. The second kappa shape index (κ2) is 34.9. The van der Waals surface area contributed by atoms with Crippen molar-refractivity contribution < 1.29 is 57.7 Å². The summed E-state index contributed by atoms with van der Waals surface area (Å²) in [5.74, 6) is -6.21. The van der Waals surface area contributed by atoms with E-state index in [-0.39, 0.29) is 61.2 Å². The fourth-order valence-electron chi connectivity index (χ4n) is 10.8. The number of likely N-dealkylation sites (N-methyl/N-ethyl adjacent to an activating group) is 5. The summed E-state index contributed by atoms with van der Waals surface area (Å²) in [7, 11) is 8.98. The summed E-state index contributed by atoms with van der Waals surface area (Å²) in [4.78, 5) is 141. The Morgan fingerprint density at radius 2 is 1.02 bits per heavy atom. The number of hydrogen-bond donors (Lipinski definition) is 5. The van der Waals surface area contributed by atoms with Crippen LogP contribution < -0.4 is 21.3 Å². The molecule has 11 atom stereocenters. The van der Waals surface area contributed by atoms with Crippen molar-refractivity contribution in [1.29, 1.82) is 0 Å². The lowest BCUT2D eigenvalue weighted by atomic mass is 9.93. The second-order valence-corrected chi connectivity index (χ2v) is 26.2. The Labute approximate surface area is 497 Å². The molecule has 2 heterocycles. The number of ether oxygens (including phenoxy) is 2. The van der Waals surface area contributed by atoms with E-state index in [2.05, 4.69) is 26.2 Å². The number of cyclic esters (lactones) is 2. The average molecular weight is 1180 g/mol. The van der Waals surface area contributed by atoms with Gasteiger partial charge in [0.05, 0.1) is 38.2 Å². The van der Waals surface area contributed by atoms with E-state index in [1.165, 1.54) is 56.9 Å². The van der Waals surface area contributed by atoms with Crippen molar-refractivity contribution >= 4 is 53.4 Å². The van der Waals surface area contributed by atoms with Gasteiger partial charge in [-0.3, -0.25) is 53.6 Å². The lowest BCUT2D eigenvalue weighted by Gasteiger charge is -2.40. The highest BCUT2D eigenvalue weighted by molar-refractivity contribution is 5.97. The molecule has 0 aliphatic carbocycles. The summed E-state index contributed by atoms with van der Waals surface area (Å²) in [5, 5.41) is 23.4. The molecule has 2 fully saturated rings. The van der Waals surface area contributed by atoms with E-state index in [0.29, 0.717) is 39.0 Å². The first-order chi connectivity index (χ1) is 38.5. The molecule has 0 aromatic heterocycles. The Kier molecular flexibility index (Phi) is 31.1. The van der Waals surface area contributed by atoms with Crippen LogP contribution in [-0.4, -0.2) is 235 Å². The highest BCUT2D eigenvalue weighted by atomic mass is 16.6. The maximum Gasteiger partial charge on any atom is 0.417 e. The molecule has 8 amide bonds. The molecule has 2 saturated heterocycles. The van der Waals surface area contributed by atoms with Crippen LogP contribution in [0.15, 0.2) is 0 Å². The van der Waals surface area contributed by atoms with Gasteiger partial charge in [-0.25, -0.2) is 9.59 Å². The van der Waals surface area contributed by atoms with Gasteiger partial charge in [0.25, 0.3) is 0 Å². The van der Waals surface area contributed by atoms with Gasteiger partial charge in [-0.15, -0.1) is 0 Å². The summed E-state index contributed by atoms with van der Waals surface area (Å²) in [6.45, 7) is 30.6. The van der Waals surface area contributed by atoms with E-state index in [1.807, 2.05) is 88.1 Å². The van der Waals surface area contributed by atoms with Gasteiger partial charge in [0.1, 0.15) is 42.3 Å². The minimum atomic E-state index is -1.57. The summed E-state index contributed by atoms with van der Waals surface area (Å²) in [6.07, 6.45) is -1.46. The maximum atomic E-state index is 15.1. The number of esters is 1. The number of amides is 8. The third kappa shape index (κ3) is 23.4. The number of carbonyl (C=O) groups is 9. The molecule has 478 valence electrons. The van der Waals surface area contributed by atoms with Crippen LogP contribution in [0.1, 0.15) is 149 Å². The molecule has 5 N–H and O–H groups in total. The monoisotopic (exact) mass is 1180 g/mol. The van der Waals surface area contributed by atoms with Gasteiger partial charge < -0.3 is 50.1 Å². The van der Waals surface area contributed by atoms with Crippen LogP contribution in [0, 0.1) is 41.4 Å². The molecule has 3 unspecified atom stereocenters. The zero-order valence-electron chi connectivity index (χ0n) is 54.6. The lowest BCUT2D eigenvalue weighted by Crippen LogP contribution is -2.62. The topological polar surface area (TPSA) is 263 Å². The molecule has 0 radical (unpaired) electrons. The molecule has 0 bridgehead atoms. The van der Waals surface area contributed by atoms with Gasteiger partial charge in [0.2, 0.25) is 41.4 Å². The number of carbonyl (C=O) groups excluding carboxylic acids is 9. The number of rotatable bonds is 17. The van der Waals surface area contributed by atoms with Gasteiger partial charge in [0, 0.05) is 48.3 Å². The quantitative estimate of drug-likeness (QED) is 0.103. The first kappa shape index (κ1) is 74.1. The third-order valence-electron chi connectivity index (χ3n) is 15.8. The molecule has 0 aromatic rings. The van der Waals surface area contributed by atoms with Crippen molar-refractivity contribution in [1.82, 2.24) is 55.6 Å². The van der Waals surface area contributed by atoms with Crippen LogP contribution in [0.25, 0.3) is 0 Å². The van der Waals surface area contributed by atoms with E-state index in [4.69, 9.17) is 9.47 Å². The highest BCUT2D eigenvalue weighted by Gasteiger charge is 2.43. The number of aliphatic hydroxyl groups is 1. The van der Waals surface area contributed by atoms with E-state index in [1.54, 1.807) is 20.8 Å². The van der Waals surface area contributed by atoms with E-state index in [9.17, 15) is 43.5 Å². The van der Waals surface area contributed by atoms with Crippen molar-refractivity contribution in [3.8, 4) is 0 Å². The summed E-state index contributed by atoms with van der Waals surface area (Å²) < 4.78 is 11.0. The molecule has 0 saturated carbocycles. The van der Waals surface area contributed by atoms with Gasteiger partial charge in [-0.2, -0.15) is 0 Å². The van der Waals surface area contributed by atoms with Crippen LogP contribution in [0.4, 0.5) is 4.79 Å². The first-order valence-corrected chi connectivity index (χ1v) is 30.4. The number of hydrogen-bond acceptors (Lipinski definition) is 15. The van der Waals surface area contributed by atoms with Gasteiger partial charge in [-0.05, 0) is 114 Å². The lowest BCUT2D eigenvalue weighted by molar-refractivity contribution is -0.152. The van der Waals surface area contributed by atoms with Gasteiger partial charge >= 0.3 is 12.1 Å². The van der Waals surface area contributed by atoms with Crippen LogP contribution in [0.2, 0.25) is 0 Å². The predicted molar refractivity (Wildman–Crippen MR) is 320 cm³/mol. The number of nitrogens with one attached hydrogen (secondary N) is 4. The van der Waals surface area contributed by atoms with Crippen molar-refractivity contribution in [3.05, 3.63) is 0 Å². The van der Waals surface area contributed by atoms with E-state index < -0.39 is 127 Å². The van der Waals surface area contributed by atoms with Crippen molar-refractivity contribution in [2.24, 2.45) is 41.4 Å². The van der Waals surface area contributed by atoms with Crippen molar-refractivity contribution in [2.75, 3.05) is 81.7 Å².